The number of aliphatic hydroxyl groups excluding tert-OH is 2. The van der Waals surface area contributed by atoms with Crippen LogP contribution in [-0.4, -0.2) is 51.2 Å². The summed E-state index contributed by atoms with van der Waals surface area (Å²) in [6.45, 7) is 3.78. The number of aliphatic hydroxyl groups is 2. The van der Waals surface area contributed by atoms with E-state index in [0.29, 0.717) is 23.5 Å². The highest BCUT2D eigenvalue weighted by molar-refractivity contribution is 8.00. The van der Waals surface area contributed by atoms with Gasteiger partial charge in [0.25, 0.3) is 5.91 Å². The Morgan fingerprint density at radius 1 is 1.15 bits per heavy atom. The standard InChI is InChI=1S/C23H26N2O7S/c1-4-23(5-2)14-11(18(29)13(22(25)31)19(30)15(14)24)17(28)12-16(27)10-8(26)6-7-9(32-3)20(10)33-21(12)23/h6-7,11,14-15,21,26-27,30H,4-5,24H2,1-3H3,(H2,25,31)/t11?,14?,15-,21?/m0/s1. The van der Waals surface area contributed by atoms with Gasteiger partial charge in [0.1, 0.15) is 28.6 Å². The summed E-state index contributed by atoms with van der Waals surface area (Å²) in [4.78, 5) is 39.5. The zero-order chi connectivity index (χ0) is 24.4. The minimum atomic E-state index is -1.39. The van der Waals surface area contributed by atoms with Crippen molar-refractivity contribution in [2.24, 2.45) is 28.7 Å². The number of ketones is 2. The summed E-state index contributed by atoms with van der Waals surface area (Å²) in [5.74, 6) is -5.82. The molecule has 10 heteroatoms. The molecule has 0 saturated heterocycles. The lowest BCUT2D eigenvalue weighted by atomic mass is 9.51. The quantitative estimate of drug-likeness (QED) is 0.323. The molecule has 33 heavy (non-hydrogen) atoms. The largest absolute Gasteiger partial charge is 0.510 e. The number of ether oxygens (including phenoxy) is 1. The van der Waals surface area contributed by atoms with E-state index < -0.39 is 63.1 Å². The predicted octanol–water partition coefficient (Wildman–Crippen LogP) is 1.97. The first-order valence-corrected chi connectivity index (χ1v) is 11.5. The fraction of sp³-hybridized carbons (Fsp3) is 0.435. The molecule has 1 saturated carbocycles. The summed E-state index contributed by atoms with van der Waals surface area (Å²) in [5.41, 5.74) is 10.3. The number of benzene rings is 1. The van der Waals surface area contributed by atoms with Crippen LogP contribution in [0, 0.1) is 17.3 Å². The van der Waals surface area contributed by atoms with Crippen LogP contribution in [0.15, 0.2) is 33.9 Å². The highest BCUT2D eigenvalue weighted by Crippen LogP contribution is 2.63. The number of Topliss-reactive ketones (excluding diaryl/α,β-unsaturated/α-hetero) is 2. The number of phenols is 1. The molecular formula is C23H26N2O7S. The SMILES string of the molecule is CCC1(CC)C2Sc3c(OC)ccc(O)c3C(O)=C2C(=O)C2C(=O)C(C(N)=O)=C(O)[C@@H](N)C21. The first-order chi connectivity index (χ1) is 15.6. The average Bonchev–Trinajstić information content (AvgIpc) is 2.77. The predicted molar refractivity (Wildman–Crippen MR) is 121 cm³/mol. The van der Waals surface area contributed by atoms with Crippen LogP contribution in [0.2, 0.25) is 0 Å². The second kappa shape index (κ2) is 7.81. The summed E-state index contributed by atoms with van der Waals surface area (Å²) in [6.07, 6.45) is 0.923. The van der Waals surface area contributed by atoms with Crippen molar-refractivity contribution >= 4 is 35.0 Å². The van der Waals surface area contributed by atoms with Crippen molar-refractivity contribution in [1.82, 2.24) is 0 Å². The molecule has 1 aliphatic heterocycles. The molecule has 176 valence electrons. The molecule has 9 nitrogen and oxygen atoms in total. The number of methoxy groups -OCH3 is 1. The number of thioether (sulfide) groups is 1. The maximum absolute atomic E-state index is 13.8. The van der Waals surface area contributed by atoms with Crippen LogP contribution in [-0.2, 0) is 14.4 Å². The van der Waals surface area contributed by atoms with Gasteiger partial charge in [-0.3, -0.25) is 14.4 Å². The topological polar surface area (TPSA) is 173 Å². The van der Waals surface area contributed by atoms with Crippen molar-refractivity contribution in [3.05, 3.63) is 34.6 Å². The molecule has 0 spiro atoms. The molecule has 7 N–H and O–H groups in total. The number of nitrogens with two attached hydrogens (primary N) is 2. The van der Waals surface area contributed by atoms with Gasteiger partial charge in [-0.25, -0.2) is 0 Å². The Kier molecular flexibility index (Phi) is 5.49. The second-order valence-electron chi connectivity index (χ2n) is 8.57. The Hall–Kier alpha value is -2.98. The van der Waals surface area contributed by atoms with Gasteiger partial charge in [-0.2, -0.15) is 0 Å². The van der Waals surface area contributed by atoms with Gasteiger partial charge in [0, 0.05) is 11.2 Å². The summed E-state index contributed by atoms with van der Waals surface area (Å²) in [5, 5.41) is 31.8. The molecule has 0 radical (unpaired) electrons. The summed E-state index contributed by atoms with van der Waals surface area (Å²) in [6, 6.07) is 1.75. The van der Waals surface area contributed by atoms with Gasteiger partial charge in [0.05, 0.1) is 35.1 Å². The van der Waals surface area contributed by atoms with Gasteiger partial charge >= 0.3 is 0 Å². The molecule has 2 aliphatic carbocycles. The summed E-state index contributed by atoms with van der Waals surface area (Å²) < 4.78 is 5.43. The fourth-order valence-electron chi connectivity index (χ4n) is 5.79. The van der Waals surface area contributed by atoms with E-state index in [1.54, 1.807) is 6.07 Å². The highest BCUT2D eigenvalue weighted by Gasteiger charge is 2.64. The zero-order valence-corrected chi connectivity index (χ0v) is 19.2. The van der Waals surface area contributed by atoms with Crippen LogP contribution >= 0.6 is 11.8 Å². The number of carbonyl (C=O) groups is 3. The van der Waals surface area contributed by atoms with Crippen LogP contribution in [0.4, 0.5) is 0 Å². The van der Waals surface area contributed by atoms with E-state index in [2.05, 4.69) is 0 Å². The van der Waals surface area contributed by atoms with Gasteiger partial charge in [-0.1, -0.05) is 13.8 Å². The van der Waals surface area contributed by atoms with Crippen molar-refractivity contribution in [1.29, 1.82) is 0 Å². The molecule has 1 aromatic carbocycles. The second-order valence-corrected chi connectivity index (χ2v) is 9.69. The summed E-state index contributed by atoms with van der Waals surface area (Å²) >= 11 is 1.26. The lowest BCUT2D eigenvalue weighted by Crippen LogP contribution is -2.63. The van der Waals surface area contributed by atoms with E-state index in [0.717, 1.165) is 0 Å². The zero-order valence-electron chi connectivity index (χ0n) is 18.4. The van der Waals surface area contributed by atoms with Crippen LogP contribution in [0.3, 0.4) is 0 Å². The molecule has 1 heterocycles. The van der Waals surface area contributed by atoms with Crippen LogP contribution in [0.1, 0.15) is 32.3 Å². The van der Waals surface area contributed by atoms with E-state index in [4.69, 9.17) is 16.2 Å². The minimum absolute atomic E-state index is 0.00763. The van der Waals surface area contributed by atoms with Gasteiger partial charge in [-0.15, -0.1) is 11.8 Å². The summed E-state index contributed by atoms with van der Waals surface area (Å²) in [7, 11) is 1.46. The molecule has 4 rings (SSSR count). The molecule has 3 unspecified atom stereocenters. The van der Waals surface area contributed by atoms with Gasteiger partial charge in [0.15, 0.2) is 11.6 Å². The molecule has 3 aliphatic rings. The van der Waals surface area contributed by atoms with Crippen molar-refractivity contribution in [3.63, 3.8) is 0 Å². The maximum atomic E-state index is 13.8. The van der Waals surface area contributed by atoms with Gasteiger partial charge in [-0.05, 0) is 30.4 Å². The van der Waals surface area contributed by atoms with Crippen LogP contribution < -0.4 is 16.2 Å². The lowest BCUT2D eigenvalue weighted by Gasteiger charge is -2.56. The molecule has 4 atom stereocenters. The monoisotopic (exact) mass is 474 g/mol. The van der Waals surface area contributed by atoms with E-state index in [1.807, 2.05) is 13.8 Å². The number of hydrogen-bond acceptors (Lipinski definition) is 9. The third-order valence-electron chi connectivity index (χ3n) is 7.45. The first-order valence-electron chi connectivity index (χ1n) is 10.6. The Morgan fingerprint density at radius 2 is 1.79 bits per heavy atom. The molecule has 1 amide bonds. The molecule has 0 bridgehead atoms. The molecule has 1 aromatic rings. The van der Waals surface area contributed by atoms with E-state index in [-0.39, 0.29) is 16.9 Å². The number of phenolic OH excluding ortho intramolecular Hbond substituents is 1. The Bertz CT molecular complexity index is 1150. The lowest BCUT2D eigenvalue weighted by molar-refractivity contribution is -0.139. The van der Waals surface area contributed by atoms with Crippen molar-refractivity contribution in [2.45, 2.75) is 42.9 Å². The number of fused-ring (bicyclic) bond motifs is 3. The Balaban J connectivity index is 2.05. The third-order valence-corrected chi connectivity index (χ3v) is 9.03. The smallest absolute Gasteiger partial charge is 0.255 e. The molecular weight excluding hydrogens is 448 g/mol. The average molecular weight is 475 g/mol. The fourth-order valence-corrected chi connectivity index (χ4v) is 7.68. The number of aromatic hydroxyl groups is 1. The van der Waals surface area contributed by atoms with Crippen LogP contribution in [0.25, 0.3) is 5.76 Å². The van der Waals surface area contributed by atoms with Gasteiger partial charge in [0.2, 0.25) is 0 Å². The first kappa shape index (κ1) is 23.2. The highest BCUT2D eigenvalue weighted by atomic mass is 32.2. The molecule has 1 fully saturated rings. The number of hydrogen-bond donors (Lipinski definition) is 5. The Labute approximate surface area is 194 Å². The van der Waals surface area contributed by atoms with Gasteiger partial charge < -0.3 is 31.5 Å². The Morgan fingerprint density at radius 3 is 2.33 bits per heavy atom. The molecule has 0 aromatic heterocycles. The number of rotatable bonds is 4. The van der Waals surface area contributed by atoms with Crippen molar-refractivity contribution in [2.75, 3.05) is 7.11 Å². The van der Waals surface area contributed by atoms with Crippen molar-refractivity contribution < 1.29 is 34.4 Å². The van der Waals surface area contributed by atoms with E-state index in [9.17, 15) is 29.7 Å². The van der Waals surface area contributed by atoms with Crippen molar-refractivity contribution in [3.8, 4) is 11.5 Å². The maximum Gasteiger partial charge on any atom is 0.255 e. The third kappa shape index (κ3) is 2.86. The van der Waals surface area contributed by atoms with E-state index >= 15 is 0 Å². The minimum Gasteiger partial charge on any atom is -0.510 e. The van der Waals surface area contributed by atoms with Crippen LogP contribution in [0.5, 0.6) is 11.5 Å². The van der Waals surface area contributed by atoms with E-state index in [1.165, 1.54) is 24.9 Å². The number of amides is 1. The normalized spacial score (nSPS) is 28.2. The number of primary amides is 1. The number of carbonyl (C=O) groups excluding carboxylic acids is 3.